The Labute approximate surface area is 211 Å². The van der Waals surface area contributed by atoms with Crippen LogP contribution in [0.2, 0.25) is 0 Å². The van der Waals surface area contributed by atoms with Crippen molar-refractivity contribution >= 4 is 38.3 Å². The standard InChI is InChI=1S/C22H24BrFN4O5.C2H6/c1-28-7-5-11(6-8-28)10-33-20-18(30)16-15(17(29)19(20)32-2)21(27-22(31)26-16)25-14-4-3-12(23)9-13(14)24;1-2/h3-4,9,11,29-30H,5-8,10H2,1-2H3,(H2,25,26,27,31);1-2H3. The summed E-state index contributed by atoms with van der Waals surface area (Å²) in [6, 6.07) is 4.29. The van der Waals surface area contributed by atoms with Gasteiger partial charge in [0.25, 0.3) is 0 Å². The SMILES string of the molecule is CC.COc1c(OCC2CCN(C)CC2)c(O)c2[nH]c(=O)nc(Nc3ccc(Br)cc3F)c2c1O. The number of phenolic OH excluding ortho intramolecular Hbond substituents is 2. The number of phenols is 2. The van der Waals surface area contributed by atoms with Gasteiger partial charge in [0, 0.05) is 4.47 Å². The van der Waals surface area contributed by atoms with E-state index in [1.54, 1.807) is 6.07 Å². The van der Waals surface area contributed by atoms with E-state index >= 15 is 0 Å². The molecular formula is C24H30BrFN4O5. The zero-order valence-electron chi connectivity index (χ0n) is 20.1. The van der Waals surface area contributed by atoms with Crippen LogP contribution in [0.25, 0.3) is 10.9 Å². The van der Waals surface area contributed by atoms with E-state index in [1.807, 2.05) is 13.8 Å². The number of methoxy groups -OCH3 is 1. The van der Waals surface area contributed by atoms with Gasteiger partial charge in [-0.05, 0) is 57.1 Å². The Bertz CT molecular complexity index is 1250. The summed E-state index contributed by atoms with van der Waals surface area (Å²) in [5.41, 5.74) is -0.881. The molecule has 2 heterocycles. The number of rotatable bonds is 6. The van der Waals surface area contributed by atoms with Gasteiger partial charge in [-0.3, -0.25) is 0 Å². The average molecular weight is 553 g/mol. The van der Waals surface area contributed by atoms with E-state index in [4.69, 9.17) is 9.47 Å². The molecule has 35 heavy (non-hydrogen) atoms. The van der Waals surface area contributed by atoms with Crippen LogP contribution in [0.15, 0.2) is 27.5 Å². The molecule has 0 aliphatic carbocycles. The summed E-state index contributed by atoms with van der Waals surface area (Å²) < 4.78 is 26.1. The number of likely N-dealkylation sites (tertiary alicyclic amines) is 1. The van der Waals surface area contributed by atoms with Crippen molar-refractivity contribution in [1.82, 2.24) is 14.9 Å². The summed E-state index contributed by atoms with van der Waals surface area (Å²) in [5.74, 6) is -1.49. The van der Waals surface area contributed by atoms with E-state index < -0.39 is 23.0 Å². The van der Waals surface area contributed by atoms with Crippen LogP contribution < -0.4 is 20.5 Å². The monoisotopic (exact) mass is 552 g/mol. The molecule has 0 unspecified atom stereocenters. The number of hydrogen-bond donors (Lipinski definition) is 4. The Morgan fingerprint density at radius 3 is 2.54 bits per heavy atom. The third kappa shape index (κ3) is 5.79. The van der Waals surface area contributed by atoms with Crippen molar-refractivity contribution in [2.45, 2.75) is 26.7 Å². The Morgan fingerprint density at radius 2 is 1.91 bits per heavy atom. The minimum atomic E-state index is -0.802. The second kappa shape index (κ2) is 11.6. The number of benzene rings is 2. The highest BCUT2D eigenvalue weighted by atomic mass is 79.9. The molecule has 0 radical (unpaired) electrons. The fourth-order valence-corrected chi connectivity index (χ4v) is 4.22. The number of aromatic nitrogens is 2. The van der Waals surface area contributed by atoms with Crippen LogP contribution in [-0.2, 0) is 0 Å². The van der Waals surface area contributed by atoms with Crippen molar-refractivity contribution in [1.29, 1.82) is 0 Å². The molecule has 1 aliphatic rings. The molecule has 1 aliphatic heterocycles. The normalized spacial score (nSPS) is 14.3. The summed E-state index contributed by atoms with van der Waals surface area (Å²) in [6.45, 7) is 6.20. The predicted octanol–water partition coefficient (Wildman–Crippen LogP) is 4.73. The number of hydrogen-bond acceptors (Lipinski definition) is 8. The number of nitrogens with one attached hydrogen (secondary N) is 2. The molecule has 3 aromatic rings. The first-order valence-corrected chi connectivity index (χ1v) is 12.2. The van der Waals surface area contributed by atoms with Gasteiger partial charge in [-0.15, -0.1) is 0 Å². The fraction of sp³-hybridized carbons (Fsp3) is 0.417. The van der Waals surface area contributed by atoms with Crippen LogP contribution in [0, 0.1) is 11.7 Å². The lowest BCUT2D eigenvalue weighted by Crippen LogP contribution is -2.32. The van der Waals surface area contributed by atoms with Crippen molar-refractivity contribution in [2.24, 2.45) is 5.92 Å². The molecule has 0 spiro atoms. The number of nitrogens with zero attached hydrogens (tertiary/aromatic N) is 2. The molecule has 0 saturated carbocycles. The molecule has 9 nitrogen and oxygen atoms in total. The van der Waals surface area contributed by atoms with Crippen LogP contribution in [0.5, 0.6) is 23.0 Å². The van der Waals surface area contributed by atoms with Crippen LogP contribution >= 0.6 is 15.9 Å². The highest BCUT2D eigenvalue weighted by molar-refractivity contribution is 9.10. The number of ether oxygens (including phenoxy) is 2. The van der Waals surface area contributed by atoms with E-state index in [-0.39, 0.29) is 39.8 Å². The zero-order chi connectivity index (χ0) is 25.7. The van der Waals surface area contributed by atoms with Crippen LogP contribution in [0.4, 0.5) is 15.9 Å². The molecule has 4 N–H and O–H groups in total. The summed E-state index contributed by atoms with van der Waals surface area (Å²) in [5, 5.41) is 24.6. The number of fused-ring (bicyclic) bond motifs is 1. The Balaban J connectivity index is 0.00000167. The van der Waals surface area contributed by atoms with Crippen molar-refractivity contribution in [2.75, 3.05) is 39.2 Å². The molecule has 190 valence electrons. The van der Waals surface area contributed by atoms with E-state index in [2.05, 4.69) is 43.2 Å². The quantitative estimate of drug-likeness (QED) is 0.324. The van der Waals surface area contributed by atoms with E-state index in [0.717, 1.165) is 25.9 Å². The number of halogens is 2. The minimum absolute atomic E-state index is 0.0260. The molecule has 1 fully saturated rings. The molecular weight excluding hydrogens is 523 g/mol. The maximum Gasteiger partial charge on any atom is 0.347 e. The van der Waals surface area contributed by atoms with E-state index in [0.29, 0.717) is 11.1 Å². The Morgan fingerprint density at radius 1 is 1.23 bits per heavy atom. The number of piperidine rings is 1. The molecule has 1 saturated heterocycles. The fourth-order valence-electron chi connectivity index (χ4n) is 3.89. The van der Waals surface area contributed by atoms with Gasteiger partial charge in [-0.2, -0.15) is 4.98 Å². The Kier molecular flexibility index (Phi) is 8.79. The molecule has 2 aromatic carbocycles. The van der Waals surface area contributed by atoms with Gasteiger partial charge in [0.05, 0.1) is 24.8 Å². The lowest BCUT2D eigenvalue weighted by atomic mass is 9.98. The van der Waals surface area contributed by atoms with E-state index in [9.17, 15) is 19.4 Å². The highest BCUT2D eigenvalue weighted by Gasteiger charge is 2.27. The number of anilines is 2. The van der Waals surface area contributed by atoms with Gasteiger partial charge in [0.15, 0.2) is 11.5 Å². The first kappa shape index (κ1) is 26.6. The van der Waals surface area contributed by atoms with Gasteiger partial charge < -0.3 is 34.9 Å². The van der Waals surface area contributed by atoms with Crippen molar-refractivity contribution in [3.05, 3.63) is 39.0 Å². The summed E-state index contributed by atoms with van der Waals surface area (Å²) in [7, 11) is 3.38. The van der Waals surface area contributed by atoms with Gasteiger partial charge in [-0.1, -0.05) is 29.8 Å². The maximum absolute atomic E-state index is 14.4. The second-order valence-electron chi connectivity index (χ2n) is 8.01. The summed E-state index contributed by atoms with van der Waals surface area (Å²) >= 11 is 3.18. The highest BCUT2D eigenvalue weighted by Crippen LogP contribution is 2.51. The van der Waals surface area contributed by atoms with Crippen molar-refractivity contribution in [3.8, 4) is 23.0 Å². The van der Waals surface area contributed by atoms with Gasteiger partial charge in [0.1, 0.15) is 17.2 Å². The first-order chi connectivity index (χ1) is 16.8. The van der Waals surface area contributed by atoms with Gasteiger partial charge in [-0.25, -0.2) is 9.18 Å². The number of H-pyrrole nitrogens is 1. The molecule has 1 aromatic heterocycles. The Hall–Kier alpha value is -3.05. The van der Waals surface area contributed by atoms with Crippen LogP contribution in [-0.4, -0.2) is 58.9 Å². The first-order valence-electron chi connectivity index (χ1n) is 11.4. The molecule has 0 amide bonds. The predicted molar refractivity (Wildman–Crippen MR) is 137 cm³/mol. The average Bonchev–Trinajstić information content (AvgIpc) is 2.84. The lowest BCUT2D eigenvalue weighted by Gasteiger charge is -2.29. The van der Waals surface area contributed by atoms with Gasteiger partial charge in [0.2, 0.25) is 11.5 Å². The second-order valence-corrected chi connectivity index (χ2v) is 8.92. The van der Waals surface area contributed by atoms with Crippen LogP contribution in [0.1, 0.15) is 26.7 Å². The molecule has 0 atom stereocenters. The van der Waals surface area contributed by atoms with Gasteiger partial charge >= 0.3 is 5.69 Å². The topological polar surface area (TPSA) is 120 Å². The minimum Gasteiger partial charge on any atom is -0.504 e. The summed E-state index contributed by atoms with van der Waals surface area (Å²) in [4.78, 5) is 20.7. The smallest absolute Gasteiger partial charge is 0.347 e. The number of aromatic amines is 1. The zero-order valence-corrected chi connectivity index (χ0v) is 21.7. The molecule has 0 bridgehead atoms. The third-order valence-electron chi connectivity index (χ3n) is 5.73. The van der Waals surface area contributed by atoms with E-state index in [1.165, 1.54) is 19.2 Å². The van der Waals surface area contributed by atoms with Crippen molar-refractivity contribution < 1.29 is 24.1 Å². The number of aromatic hydroxyl groups is 2. The summed E-state index contributed by atoms with van der Waals surface area (Å²) in [6.07, 6.45) is 1.87. The van der Waals surface area contributed by atoms with Crippen molar-refractivity contribution in [3.63, 3.8) is 0 Å². The third-order valence-corrected chi connectivity index (χ3v) is 6.23. The maximum atomic E-state index is 14.4. The van der Waals surface area contributed by atoms with Crippen LogP contribution in [0.3, 0.4) is 0 Å². The largest absolute Gasteiger partial charge is 0.504 e. The lowest BCUT2D eigenvalue weighted by molar-refractivity contribution is 0.154. The molecule has 11 heteroatoms. The molecule has 4 rings (SSSR count).